The topological polar surface area (TPSA) is 65.2 Å². The molecule has 0 spiro atoms. The van der Waals surface area contributed by atoms with Crippen molar-refractivity contribution < 1.29 is 31.1 Å². The van der Waals surface area contributed by atoms with Gasteiger partial charge in [-0.3, -0.25) is 10.6 Å². The molecule has 4 N–H and O–H groups in total. The summed E-state index contributed by atoms with van der Waals surface area (Å²) in [5.74, 6) is 0. The Labute approximate surface area is 167 Å². The molecule has 2 aromatic rings. The van der Waals surface area contributed by atoms with Gasteiger partial charge >= 0.3 is 18.4 Å². The second-order valence-electron chi connectivity index (χ2n) is 6.69. The molecule has 1 heterocycles. The van der Waals surface area contributed by atoms with E-state index in [9.17, 15) is 31.1 Å². The molecule has 3 rings (SSSR count). The molecule has 2 amide bonds. The first-order chi connectivity index (χ1) is 14.0. The first-order valence-electron chi connectivity index (χ1n) is 8.92. The van der Waals surface area contributed by atoms with Gasteiger partial charge in [0.1, 0.15) is 0 Å². The Kier molecular flexibility index (Phi) is 6.22. The normalized spacial score (nSPS) is 15.3. The maximum Gasteiger partial charge on any atom is 0.416 e. The molecule has 1 saturated heterocycles. The van der Waals surface area contributed by atoms with Gasteiger partial charge in [-0.1, -0.05) is 24.3 Å². The van der Waals surface area contributed by atoms with Crippen molar-refractivity contribution in [2.24, 2.45) is 0 Å². The number of urea groups is 1. The first-order valence-corrected chi connectivity index (χ1v) is 8.92. The van der Waals surface area contributed by atoms with Gasteiger partial charge in [-0.25, -0.2) is 4.79 Å². The van der Waals surface area contributed by atoms with Gasteiger partial charge in [-0.15, -0.1) is 0 Å². The quantitative estimate of drug-likeness (QED) is 0.547. The molecule has 2 aromatic carbocycles. The molecule has 0 aliphatic carbocycles. The summed E-state index contributed by atoms with van der Waals surface area (Å²) in [6.07, 6.45) is -10.0. The van der Waals surface area contributed by atoms with Crippen LogP contribution in [0.2, 0.25) is 0 Å². The second kappa shape index (κ2) is 8.52. The number of carbonyl (C=O) groups is 1. The number of nitrogens with one attached hydrogen (secondary N) is 4. The highest BCUT2D eigenvalue weighted by atomic mass is 19.4. The zero-order chi connectivity index (χ0) is 21.9. The van der Waals surface area contributed by atoms with Crippen molar-refractivity contribution in [1.82, 2.24) is 16.0 Å². The van der Waals surface area contributed by atoms with Gasteiger partial charge in [0.15, 0.2) is 0 Å². The third kappa shape index (κ3) is 5.63. The van der Waals surface area contributed by atoms with Crippen molar-refractivity contribution in [3.63, 3.8) is 0 Å². The molecule has 30 heavy (non-hydrogen) atoms. The second-order valence-corrected chi connectivity index (χ2v) is 6.69. The molecule has 0 aromatic heterocycles. The lowest BCUT2D eigenvalue weighted by atomic mass is 10.1. The van der Waals surface area contributed by atoms with E-state index in [1.807, 2.05) is 17.4 Å². The number of carbonyl (C=O) groups excluding carboxylic acids is 1. The molecule has 0 unspecified atom stereocenters. The van der Waals surface area contributed by atoms with Crippen molar-refractivity contribution in [2.75, 3.05) is 18.4 Å². The van der Waals surface area contributed by atoms with Crippen LogP contribution < -0.4 is 21.3 Å². The van der Waals surface area contributed by atoms with Gasteiger partial charge in [-0.2, -0.15) is 26.3 Å². The van der Waals surface area contributed by atoms with Crippen LogP contribution in [0.3, 0.4) is 0 Å². The number of hydrogen-bond donors (Lipinski definition) is 4. The smallest absolute Gasteiger partial charge is 0.334 e. The van der Waals surface area contributed by atoms with E-state index >= 15 is 0 Å². The zero-order valence-corrected chi connectivity index (χ0v) is 15.4. The van der Waals surface area contributed by atoms with Crippen molar-refractivity contribution in [1.29, 1.82) is 0 Å². The largest absolute Gasteiger partial charge is 0.416 e. The molecular formula is C19H18F6N4O. The molecule has 1 fully saturated rings. The maximum absolute atomic E-state index is 12.9. The Balaban J connectivity index is 1.68. The average Bonchev–Trinajstić information content (AvgIpc) is 3.20. The van der Waals surface area contributed by atoms with Crippen LogP contribution in [0.5, 0.6) is 0 Å². The lowest BCUT2D eigenvalue weighted by Gasteiger charge is -2.15. The van der Waals surface area contributed by atoms with Gasteiger partial charge in [-0.05, 0) is 29.3 Å². The molecule has 1 aliphatic rings. The van der Waals surface area contributed by atoms with E-state index in [0.717, 1.165) is 24.2 Å². The van der Waals surface area contributed by atoms with E-state index in [2.05, 4.69) is 16.0 Å². The van der Waals surface area contributed by atoms with Gasteiger partial charge in [0.25, 0.3) is 0 Å². The molecule has 0 atom stereocenters. The molecule has 162 valence electrons. The van der Waals surface area contributed by atoms with Crippen LogP contribution in [0, 0.1) is 0 Å². The van der Waals surface area contributed by atoms with E-state index in [-0.39, 0.29) is 18.8 Å². The number of alkyl halides is 6. The number of anilines is 1. The van der Waals surface area contributed by atoms with Crippen LogP contribution >= 0.6 is 0 Å². The predicted molar refractivity (Wildman–Crippen MR) is 97.5 cm³/mol. The van der Waals surface area contributed by atoms with Crippen LogP contribution in [-0.2, 0) is 18.9 Å². The summed E-state index contributed by atoms with van der Waals surface area (Å²) >= 11 is 0. The number of halogens is 6. The van der Waals surface area contributed by atoms with E-state index in [1.54, 1.807) is 12.1 Å². The highest BCUT2D eigenvalue weighted by Crippen LogP contribution is 2.37. The van der Waals surface area contributed by atoms with E-state index < -0.39 is 35.2 Å². The van der Waals surface area contributed by atoms with Crippen molar-refractivity contribution in [3.8, 4) is 0 Å². The molecule has 0 radical (unpaired) electrons. The van der Waals surface area contributed by atoms with Crippen LogP contribution in [0.25, 0.3) is 0 Å². The summed E-state index contributed by atoms with van der Waals surface area (Å²) in [6.45, 7) is 1.66. The fourth-order valence-corrected chi connectivity index (χ4v) is 3.01. The van der Waals surface area contributed by atoms with E-state index in [0.29, 0.717) is 12.1 Å². The summed E-state index contributed by atoms with van der Waals surface area (Å²) in [4.78, 5) is 12.0. The van der Waals surface area contributed by atoms with Gasteiger partial charge < -0.3 is 10.6 Å². The third-order valence-corrected chi connectivity index (χ3v) is 4.40. The monoisotopic (exact) mass is 432 g/mol. The lowest BCUT2D eigenvalue weighted by molar-refractivity contribution is -0.143. The third-order valence-electron chi connectivity index (χ3n) is 4.40. The minimum atomic E-state index is -4.99. The van der Waals surface area contributed by atoms with Crippen molar-refractivity contribution >= 4 is 11.7 Å². The average molecular weight is 432 g/mol. The Morgan fingerprint density at radius 1 is 0.933 bits per heavy atom. The standard InChI is InChI=1S/C19H18F6N4O/c20-18(21,22)13-7-14(19(23,24)25)9-15(8-13)29-17(30)28-10-11-2-1-3-12(6-11)16-26-4-5-27-16/h1-3,6-9,16,26-27H,4-5,10H2,(H2,28,29,30). The summed E-state index contributed by atoms with van der Waals surface area (Å²) in [5.41, 5.74) is -1.95. The summed E-state index contributed by atoms with van der Waals surface area (Å²) < 4.78 is 77.4. The Hall–Kier alpha value is -2.79. The summed E-state index contributed by atoms with van der Waals surface area (Å²) in [6, 6.07) is 7.23. The number of rotatable bonds is 4. The number of benzene rings is 2. The Bertz CT molecular complexity index is 874. The van der Waals surface area contributed by atoms with Crippen LogP contribution in [-0.4, -0.2) is 19.1 Å². The fourth-order valence-electron chi connectivity index (χ4n) is 3.01. The van der Waals surface area contributed by atoms with Crippen LogP contribution in [0.15, 0.2) is 42.5 Å². The zero-order valence-electron chi connectivity index (χ0n) is 15.4. The molecular weight excluding hydrogens is 414 g/mol. The molecule has 0 saturated carbocycles. The molecule has 11 heteroatoms. The number of hydrogen-bond acceptors (Lipinski definition) is 3. The number of amides is 2. The predicted octanol–water partition coefficient (Wildman–Crippen LogP) is 4.24. The summed E-state index contributed by atoms with van der Waals surface area (Å²) in [5, 5.41) is 10.9. The fraction of sp³-hybridized carbons (Fsp3) is 0.316. The molecule has 5 nitrogen and oxygen atoms in total. The SMILES string of the molecule is O=C(NCc1cccc(C2NCCN2)c1)Nc1cc(C(F)(F)F)cc(C(F)(F)F)c1. The first kappa shape index (κ1) is 21.9. The molecule has 0 bridgehead atoms. The minimum absolute atomic E-state index is 0.000322. The maximum atomic E-state index is 12.9. The van der Waals surface area contributed by atoms with Crippen molar-refractivity contribution in [2.45, 2.75) is 25.1 Å². The van der Waals surface area contributed by atoms with Crippen LogP contribution in [0.4, 0.5) is 36.8 Å². The van der Waals surface area contributed by atoms with E-state index in [1.165, 1.54) is 0 Å². The highest BCUT2D eigenvalue weighted by Gasteiger charge is 2.37. The lowest BCUT2D eigenvalue weighted by Crippen LogP contribution is -2.28. The van der Waals surface area contributed by atoms with Crippen LogP contribution in [0.1, 0.15) is 28.4 Å². The Morgan fingerprint density at radius 3 is 2.10 bits per heavy atom. The summed E-state index contributed by atoms with van der Waals surface area (Å²) in [7, 11) is 0. The molecule has 1 aliphatic heterocycles. The minimum Gasteiger partial charge on any atom is -0.334 e. The highest BCUT2D eigenvalue weighted by molar-refractivity contribution is 5.89. The van der Waals surface area contributed by atoms with Gasteiger partial charge in [0, 0.05) is 25.3 Å². The van der Waals surface area contributed by atoms with Gasteiger partial charge in [0.05, 0.1) is 17.3 Å². The Morgan fingerprint density at radius 2 is 1.53 bits per heavy atom. The van der Waals surface area contributed by atoms with Gasteiger partial charge in [0.2, 0.25) is 0 Å². The van der Waals surface area contributed by atoms with Crippen molar-refractivity contribution in [3.05, 3.63) is 64.7 Å². The van der Waals surface area contributed by atoms with E-state index in [4.69, 9.17) is 0 Å².